The van der Waals surface area contributed by atoms with Gasteiger partial charge < -0.3 is 0 Å². The summed E-state index contributed by atoms with van der Waals surface area (Å²) in [6.07, 6.45) is 4.07. The Morgan fingerprint density at radius 3 is 2.55 bits per heavy atom. The van der Waals surface area contributed by atoms with Gasteiger partial charge in [-0.3, -0.25) is 4.98 Å². The Morgan fingerprint density at radius 1 is 1.10 bits per heavy atom. The van der Waals surface area contributed by atoms with Gasteiger partial charge in [-0.2, -0.15) is 4.31 Å². The summed E-state index contributed by atoms with van der Waals surface area (Å²) >= 11 is 0. The van der Waals surface area contributed by atoms with E-state index < -0.39 is 10.0 Å². The molecule has 0 unspecified atom stereocenters. The van der Waals surface area contributed by atoms with Gasteiger partial charge in [0.25, 0.3) is 0 Å². The van der Waals surface area contributed by atoms with Gasteiger partial charge in [-0.1, -0.05) is 6.07 Å². The molecule has 1 aliphatic heterocycles. The first-order valence-electron chi connectivity index (χ1n) is 6.99. The van der Waals surface area contributed by atoms with Gasteiger partial charge in [0, 0.05) is 24.7 Å². The van der Waals surface area contributed by atoms with Gasteiger partial charge in [-0.15, -0.1) is 0 Å². The van der Waals surface area contributed by atoms with Gasteiger partial charge in [0.2, 0.25) is 10.0 Å². The summed E-state index contributed by atoms with van der Waals surface area (Å²) in [4.78, 5) is 4.62. The highest BCUT2D eigenvalue weighted by Crippen LogP contribution is 2.42. The first-order chi connectivity index (χ1) is 9.64. The van der Waals surface area contributed by atoms with Crippen LogP contribution >= 0.6 is 0 Å². The maximum Gasteiger partial charge on any atom is 0.243 e. The van der Waals surface area contributed by atoms with Crippen molar-refractivity contribution in [3.8, 4) is 0 Å². The van der Waals surface area contributed by atoms with E-state index in [1.807, 2.05) is 12.1 Å². The normalized spacial score (nSPS) is 26.4. The molecule has 1 aromatic carbocycles. The molecule has 104 valence electrons. The average molecular weight is 288 g/mol. The smallest absolute Gasteiger partial charge is 0.243 e. The second-order valence-corrected chi connectivity index (χ2v) is 7.72. The molecule has 5 heteroatoms. The summed E-state index contributed by atoms with van der Waals surface area (Å²) in [5.41, 5.74) is 0.827. The van der Waals surface area contributed by atoms with Gasteiger partial charge in [0.05, 0.1) is 10.4 Å². The monoisotopic (exact) mass is 288 g/mol. The predicted octanol–water partition coefficient (Wildman–Crippen LogP) is 2.27. The van der Waals surface area contributed by atoms with E-state index in [-0.39, 0.29) is 0 Å². The Morgan fingerprint density at radius 2 is 1.85 bits per heavy atom. The van der Waals surface area contributed by atoms with Crippen LogP contribution in [0.15, 0.2) is 41.4 Å². The van der Waals surface area contributed by atoms with Crippen molar-refractivity contribution in [2.75, 3.05) is 13.1 Å². The second-order valence-electron chi connectivity index (χ2n) is 5.78. The fourth-order valence-corrected chi connectivity index (χ4v) is 4.87. The lowest BCUT2D eigenvalue weighted by Gasteiger charge is -2.27. The lowest BCUT2D eigenvalue weighted by molar-refractivity contribution is 0.243. The van der Waals surface area contributed by atoms with E-state index in [4.69, 9.17) is 0 Å². The summed E-state index contributed by atoms with van der Waals surface area (Å²) in [7, 11) is -3.35. The van der Waals surface area contributed by atoms with Gasteiger partial charge in [0.15, 0.2) is 0 Å². The Hall–Kier alpha value is -1.46. The highest BCUT2D eigenvalue weighted by molar-refractivity contribution is 7.89. The first-order valence-corrected chi connectivity index (χ1v) is 8.43. The number of rotatable bonds is 2. The van der Waals surface area contributed by atoms with E-state index in [0.29, 0.717) is 29.8 Å². The number of hydrogen-bond donors (Lipinski definition) is 0. The Bertz CT molecular complexity index is 760. The lowest BCUT2D eigenvalue weighted by atomic mass is 9.77. The van der Waals surface area contributed by atoms with Crippen molar-refractivity contribution >= 4 is 20.9 Å². The highest BCUT2D eigenvalue weighted by Gasteiger charge is 2.43. The van der Waals surface area contributed by atoms with Crippen molar-refractivity contribution < 1.29 is 8.42 Å². The third-order valence-corrected chi connectivity index (χ3v) is 6.49. The number of aromatic nitrogens is 1. The number of pyridine rings is 1. The van der Waals surface area contributed by atoms with E-state index in [0.717, 1.165) is 10.9 Å². The number of sulfonamides is 1. The van der Waals surface area contributed by atoms with E-state index in [1.54, 1.807) is 28.7 Å². The molecule has 0 spiro atoms. The summed E-state index contributed by atoms with van der Waals surface area (Å²) < 4.78 is 27.1. The van der Waals surface area contributed by atoms with Crippen LogP contribution in [0.3, 0.4) is 0 Å². The van der Waals surface area contributed by atoms with Gasteiger partial charge in [-0.25, -0.2) is 8.42 Å². The fraction of sp³-hybridized carbons (Fsp3) is 0.400. The van der Waals surface area contributed by atoms with Crippen LogP contribution in [0.4, 0.5) is 0 Å². The Kier molecular flexibility index (Phi) is 2.62. The number of nitrogens with zero attached hydrogens (tertiary/aromatic N) is 2. The van der Waals surface area contributed by atoms with Gasteiger partial charge in [0.1, 0.15) is 0 Å². The Labute approximate surface area is 118 Å². The van der Waals surface area contributed by atoms with Crippen molar-refractivity contribution in [2.45, 2.75) is 17.7 Å². The molecule has 1 aromatic heterocycles. The molecule has 2 fully saturated rings. The number of hydrogen-bond acceptors (Lipinski definition) is 3. The number of benzene rings is 1. The number of fused-ring (bicyclic) bond motifs is 2. The van der Waals surface area contributed by atoms with E-state index in [2.05, 4.69) is 4.98 Å². The molecular weight excluding hydrogens is 272 g/mol. The topological polar surface area (TPSA) is 50.3 Å². The van der Waals surface area contributed by atoms with E-state index in [1.165, 1.54) is 12.8 Å². The molecule has 2 aromatic rings. The molecule has 20 heavy (non-hydrogen) atoms. The zero-order valence-electron chi connectivity index (χ0n) is 11.1. The molecule has 0 bridgehead atoms. The highest BCUT2D eigenvalue weighted by atomic mass is 32.2. The van der Waals surface area contributed by atoms with Crippen LogP contribution in [0.25, 0.3) is 10.9 Å². The standard InChI is InChI=1S/C15H16N2O2S/c18-20(19,17-9-12-3-4-13(12)10-17)14-5-6-15-11(8-14)2-1-7-16-15/h1-2,5-8,12-13H,3-4,9-10H2/t12-,13+. The zero-order valence-corrected chi connectivity index (χ0v) is 11.9. The van der Waals surface area contributed by atoms with Crippen molar-refractivity contribution in [1.29, 1.82) is 0 Å². The molecule has 2 heterocycles. The molecule has 0 N–H and O–H groups in total. The molecule has 4 rings (SSSR count). The molecule has 1 saturated carbocycles. The van der Waals surface area contributed by atoms with Crippen molar-refractivity contribution in [3.05, 3.63) is 36.5 Å². The summed E-state index contributed by atoms with van der Waals surface area (Å²) in [6.45, 7) is 1.39. The summed E-state index contributed by atoms with van der Waals surface area (Å²) in [5, 5.41) is 0.871. The second kappa shape index (κ2) is 4.27. The maximum absolute atomic E-state index is 12.7. The summed E-state index contributed by atoms with van der Waals surface area (Å²) in [6, 6.07) is 8.92. The van der Waals surface area contributed by atoms with Crippen LogP contribution in [0, 0.1) is 11.8 Å². The van der Waals surface area contributed by atoms with Gasteiger partial charge >= 0.3 is 0 Å². The Balaban J connectivity index is 1.73. The lowest BCUT2D eigenvalue weighted by Crippen LogP contribution is -2.28. The zero-order chi connectivity index (χ0) is 13.7. The molecule has 2 atom stereocenters. The van der Waals surface area contributed by atoms with Gasteiger partial charge in [-0.05, 0) is 48.9 Å². The van der Waals surface area contributed by atoms with E-state index in [9.17, 15) is 8.42 Å². The molecule has 1 aliphatic carbocycles. The molecule has 0 amide bonds. The molecule has 2 aliphatic rings. The molecule has 0 radical (unpaired) electrons. The third-order valence-electron chi connectivity index (χ3n) is 4.66. The first kappa shape index (κ1) is 12.3. The summed E-state index contributed by atoms with van der Waals surface area (Å²) in [5.74, 6) is 1.18. The van der Waals surface area contributed by atoms with Crippen LogP contribution in [0.1, 0.15) is 12.8 Å². The molecule has 1 saturated heterocycles. The third kappa shape index (κ3) is 1.77. The van der Waals surface area contributed by atoms with Crippen molar-refractivity contribution in [1.82, 2.24) is 9.29 Å². The quantitative estimate of drug-likeness (QED) is 0.851. The maximum atomic E-state index is 12.7. The largest absolute Gasteiger partial charge is 0.256 e. The van der Waals surface area contributed by atoms with Crippen LogP contribution in [0.5, 0.6) is 0 Å². The molecular formula is C15H16N2O2S. The minimum Gasteiger partial charge on any atom is -0.256 e. The fourth-order valence-electron chi connectivity index (χ4n) is 3.28. The average Bonchev–Trinajstić information content (AvgIpc) is 2.74. The minimum atomic E-state index is -3.35. The van der Waals surface area contributed by atoms with Crippen molar-refractivity contribution in [2.24, 2.45) is 11.8 Å². The van der Waals surface area contributed by atoms with Crippen molar-refractivity contribution in [3.63, 3.8) is 0 Å². The van der Waals surface area contributed by atoms with Crippen LogP contribution in [0.2, 0.25) is 0 Å². The van der Waals surface area contributed by atoms with Crippen LogP contribution < -0.4 is 0 Å². The van der Waals surface area contributed by atoms with E-state index >= 15 is 0 Å². The minimum absolute atomic E-state index is 0.388. The molecule has 4 nitrogen and oxygen atoms in total. The predicted molar refractivity (Wildman–Crippen MR) is 76.7 cm³/mol. The SMILES string of the molecule is O=S(=O)(c1ccc2ncccc2c1)N1C[C@H]2CC[C@H]2C1. The van der Waals surface area contributed by atoms with Crippen LogP contribution in [-0.2, 0) is 10.0 Å². The van der Waals surface area contributed by atoms with Crippen LogP contribution in [-0.4, -0.2) is 30.8 Å².